The number of carboxylic acids is 1. The van der Waals surface area contributed by atoms with Crippen molar-refractivity contribution in [3.63, 3.8) is 0 Å². The number of hydrogen-bond acceptors (Lipinski definition) is 5. The van der Waals surface area contributed by atoms with Crippen LogP contribution in [0, 0.1) is 5.92 Å². The van der Waals surface area contributed by atoms with Gasteiger partial charge in [-0.1, -0.05) is 48.5 Å². The molecule has 31 heavy (non-hydrogen) atoms. The highest BCUT2D eigenvalue weighted by molar-refractivity contribution is 5.79. The minimum atomic E-state index is -1.03. The lowest BCUT2D eigenvalue weighted by Crippen LogP contribution is -2.46. The molecule has 2 aromatic rings. The van der Waals surface area contributed by atoms with Crippen LogP contribution in [0.2, 0.25) is 0 Å². The van der Waals surface area contributed by atoms with Gasteiger partial charge >= 0.3 is 12.1 Å². The van der Waals surface area contributed by atoms with Crippen LogP contribution in [0.25, 0.3) is 11.1 Å². The van der Waals surface area contributed by atoms with Crippen LogP contribution < -0.4 is 5.32 Å². The Morgan fingerprint density at radius 1 is 0.871 bits per heavy atom. The third kappa shape index (κ3) is 4.43. The second-order valence-corrected chi connectivity index (χ2v) is 8.31. The molecule has 7 heteroatoms. The van der Waals surface area contributed by atoms with Crippen LogP contribution in [0.3, 0.4) is 0 Å². The van der Waals surface area contributed by atoms with E-state index in [1.165, 1.54) is 0 Å². The summed E-state index contributed by atoms with van der Waals surface area (Å²) < 4.78 is 5.54. The number of aliphatic hydroxyl groups excluding tert-OH is 2. The van der Waals surface area contributed by atoms with Crippen molar-refractivity contribution in [1.82, 2.24) is 5.32 Å². The fourth-order valence-electron chi connectivity index (χ4n) is 4.75. The first kappa shape index (κ1) is 21.3. The summed E-state index contributed by atoms with van der Waals surface area (Å²) in [6, 6.07) is 15.4. The van der Waals surface area contributed by atoms with Crippen LogP contribution in [0.1, 0.15) is 42.7 Å². The van der Waals surface area contributed by atoms with Gasteiger partial charge in [-0.25, -0.2) is 4.79 Å². The van der Waals surface area contributed by atoms with Crippen LogP contribution in [0.4, 0.5) is 4.79 Å². The van der Waals surface area contributed by atoms with Crippen molar-refractivity contribution in [3.8, 4) is 11.1 Å². The largest absolute Gasteiger partial charge is 0.481 e. The maximum Gasteiger partial charge on any atom is 0.407 e. The molecule has 1 fully saturated rings. The predicted octanol–water partition coefficient (Wildman–Crippen LogP) is 2.89. The summed E-state index contributed by atoms with van der Waals surface area (Å²) in [7, 11) is 0. The molecule has 0 spiro atoms. The molecule has 4 rings (SSSR count). The molecule has 1 amide bonds. The molecule has 2 aliphatic rings. The highest BCUT2D eigenvalue weighted by Crippen LogP contribution is 2.44. The Morgan fingerprint density at radius 2 is 1.42 bits per heavy atom. The first-order valence-corrected chi connectivity index (χ1v) is 10.7. The smallest absolute Gasteiger partial charge is 0.407 e. The predicted molar refractivity (Wildman–Crippen MR) is 114 cm³/mol. The number of aliphatic carboxylic acids is 1. The molecule has 2 aliphatic carbocycles. The van der Waals surface area contributed by atoms with Crippen molar-refractivity contribution in [2.45, 2.75) is 49.9 Å². The average molecular weight is 425 g/mol. The number of hydrogen-bond donors (Lipinski definition) is 4. The van der Waals surface area contributed by atoms with E-state index in [4.69, 9.17) is 4.74 Å². The van der Waals surface area contributed by atoms with Crippen LogP contribution in [-0.4, -0.2) is 52.2 Å². The average Bonchev–Trinajstić information content (AvgIpc) is 3.08. The molecular formula is C24H27NO6. The lowest BCUT2D eigenvalue weighted by Gasteiger charge is -2.30. The Kier molecular flexibility index (Phi) is 6.25. The number of ether oxygens (including phenoxy) is 1. The van der Waals surface area contributed by atoms with Crippen LogP contribution in [0.15, 0.2) is 48.5 Å². The topological polar surface area (TPSA) is 116 Å². The summed E-state index contributed by atoms with van der Waals surface area (Å²) >= 11 is 0. The van der Waals surface area contributed by atoms with Crippen LogP contribution in [0.5, 0.6) is 0 Å². The van der Waals surface area contributed by atoms with Crippen molar-refractivity contribution in [2.24, 2.45) is 5.92 Å². The van der Waals surface area contributed by atoms with Crippen molar-refractivity contribution in [1.29, 1.82) is 0 Å². The molecule has 4 atom stereocenters. The Labute approximate surface area is 180 Å². The Morgan fingerprint density at radius 3 is 2.00 bits per heavy atom. The number of carboxylic acid groups (broad SMARTS) is 1. The number of amides is 1. The summed E-state index contributed by atoms with van der Waals surface area (Å²) in [5.41, 5.74) is 4.46. The van der Waals surface area contributed by atoms with Gasteiger partial charge in [0.25, 0.3) is 0 Å². The number of nitrogens with one attached hydrogen (secondary N) is 1. The van der Waals surface area contributed by atoms with E-state index in [-0.39, 0.29) is 38.2 Å². The molecular weight excluding hydrogens is 398 g/mol. The number of aliphatic hydroxyl groups is 2. The highest BCUT2D eigenvalue weighted by atomic mass is 16.5. The molecule has 4 unspecified atom stereocenters. The van der Waals surface area contributed by atoms with E-state index in [1.54, 1.807) is 0 Å². The molecule has 0 saturated heterocycles. The van der Waals surface area contributed by atoms with Gasteiger partial charge in [-0.15, -0.1) is 0 Å². The summed E-state index contributed by atoms with van der Waals surface area (Å²) in [5, 5.41) is 32.1. The van der Waals surface area contributed by atoms with Crippen molar-refractivity contribution in [2.75, 3.05) is 6.61 Å². The molecule has 0 radical (unpaired) electrons. The number of rotatable bonds is 4. The number of fused-ring (bicyclic) bond motifs is 3. The standard InChI is InChI=1S/C24H27NO6/c26-21-11-9-18(23(28)29)20(10-12-22(21)27)25-24(30)31-13-19-16-7-3-1-5-14(16)15-6-2-4-8-17(15)19/h1-8,18-22,26-27H,9-13H2,(H,25,30)(H,28,29). The number of alkyl carbamates (subject to hydrolysis) is 1. The molecule has 0 aromatic heterocycles. The third-order valence-corrected chi connectivity index (χ3v) is 6.44. The Balaban J connectivity index is 1.43. The molecule has 164 valence electrons. The first-order chi connectivity index (χ1) is 15.0. The van der Waals surface area contributed by atoms with E-state index < -0.39 is 36.2 Å². The van der Waals surface area contributed by atoms with Crippen molar-refractivity contribution in [3.05, 3.63) is 59.7 Å². The Bertz CT molecular complexity index is 915. The summed E-state index contributed by atoms with van der Waals surface area (Å²) in [4.78, 5) is 24.3. The van der Waals surface area contributed by atoms with Crippen molar-refractivity contribution < 1.29 is 29.6 Å². The van der Waals surface area contributed by atoms with Gasteiger partial charge in [-0.2, -0.15) is 0 Å². The van der Waals surface area contributed by atoms with Gasteiger partial charge in [0.15, 0.2) is 0 Å². The lowest BCUT2D eigenvalue weighted by atomic mass is 9.85. The summed E-state index contributed by atoms with van der Waals surface area (Å²) in [5.74, 6) is -1.96. The second kappa shape index (κ2) is 9.08. The summed E-state index contributed by atoms with van der Waals surface area (Å²) in [6.07, 6.45) is -1.76. The lowest BCUT2D eigenvalue weighted by molar-refractivity contribution is -0.144. The molecule has 7 nitrogen and oxygen atoms in total. The normalized spacial score (nSPS) is 25.6. The Hall–Kier alpha value is -2.90. The monoisotopic (exact) mass is 425 g/mol. The second-order valence-electron chi connectivity index (χ2n) is 8.31. The number of carbonyl (C=O) groups excluding carboxylic acids is 1. The van der Waals surface area contributed by atoms with Crippen LogP contribution in [-0.2, 0) is 9.53 Å². The molecule has 0 heterocycles. The van der Waals surface area contributed by atoms with Gasteiger partial charge in [-0.05, 0) is 47.9 Å². The maximum absolute atomic E-state index is 12.6. The zero-order valence-electron chi connectivity index (χ0n) is 17.1. The summed E-state index contributed by atoms with van der Waals surface area (Å²) in [6.45, 7) is 0.145. The zero-order valence-corrected chi connectivity index (χ0v) is 17.1. The highest BCUT2D eigenvalue weighted by Gasteiger charge is 2.35. The molecule has 0 bridgehead atoms. The fraction of sp³-hybridized carbons (Fsp3) is 0.417. The minimum Gasteiger partial charge on any atom is -0.481 e. The van der Waals surface area contributed by atoms with Gasteiger partial charge in [0.1, 0.15) is 6.61 Å². The van der Waals surface area contributed by atoms with E-state index >= 15 is 0 Å². The van der Waals surface area contributed by atoms with E-state index in [1.807, 2.05) is 36.4 Å². The van der Waals surface area contributed by atoms with Crippen molar-refractivity contribution >= 4 is 12.1 Å². The van der Waals surface area contributed by atoms with E-state index in [2.05, 4.69) is 17.4 Å². The fourth-order valence-corrected chi connectivity index (χ4v) is 4.75. The first-order valence-electron chi connectivity index (χ1n) is 10.7. The van der Waals surface area contributed by atoms with Gasteiger partial charge in [-0.3, -0.25) is 4.79 Å². The van der Waals surface area contributed by atoms with Gasteiger partial charge in [0, 0.05) is 12.0 Å². The number of benzene rings is 2. The molecule has 1 saturated carbocycles. The van der Waals surface area contributed by atoms with E-state index in [0.717, 1.165) is 22.3 Å². The zero-order chi connectivity index (χ0) is 22.0. The quantitative estimate of drug-likeness (QED) is 0.599. The SMILES string of the molecule is O=C(NC1CCC(O)C(O)CCC1C(=O)O)OCC1c2ccccc2-c2ccccc21. The van der Waals surface area contributed by atoms with Gasteiger partial charge in [0.2, 0.25) is 0 Å². The molecule has 4 N–H and O–H groups in total. The maximum atomic E-state index is 12.6. The number of carbonyl (C=O) groups is 2. The molecule has 0 aliphatic heterocycles. The van der Waals surface area contributed by atoms with Crippen LogP contribution >= 0.6 is 0 Å². The molecule has 2 aromatic carbocycles. The van der Waals surface area contributed by atoms with Gasteiger partial charge in [0.05, 0.1) is 18.1 Å². The van der Waals surface area contributed by atoms with Gasteiger partial charge < -0.3 is 25.4 Å². The van der Waals surface area contributed by atoms with E-state index in [0.29, 0.717) is 0 Å². The third-order valence-electron chi connectivity index (χ3n) is 6.44. The van der Waals surface area contributed by atoms with E-state index in [9.17, 15) is 24.9 Å². The minimum absolute atomic E-state index is 0.0808.